The molecule has 1 N–H and O–H groups in total. The SMILES string of the molecule is O=C(N/N=C\c1cc([N+](=O)[O-])ccc1N1CCOCC1)c1cc2ccccc2o1. The molecule has 0 bridgehead atoms. The van der Waals surface area contributed by atoms with Gasteiger partial charge >= 0.3 is 5.91 Å². The minimum Gasteiger partial charge on any atom is -0.451 e. The summed E-state index contributed by atoms with van der Waals surface area (Å²) < 4.78 is 10.9. The summed E-state index contributed by atoms with van der Waals surface area (Å²) in [4.78, 5) is 25.1. The van der Waals surface area contributed by atoms with Crippen molar-refractivity contribution < 1.29 is 18.9 Å². The predicted octanol–water partition coefficient (Wildman–Crippen LogP) is 2.94. The molecule has 1 aliphatic rings. The standard InChI is InChI=1S/C20H18N4O5/c25-20(19-12-14-3-1-2-4-18(14)29-19)22-21-13-15-11-16(24(26)27)5-6-17(15)23-7-9-28-10-8-23/h1-6,11-13H,7-10H2,(H,22,25)/b21-13-. The van der Waals surface area contributed by atoms with Crippen LogP contribution in [0.5, 0.6) is 0 Å². The van der Waals surface area contributed by atoms with Crippen molar-refractivity contribution in [1.29, 1.82) is 0 Å². The molecule has 29 heavy (non-hydrogen) atoms. The van der Waals surface area contributed by atoms with Gasteiger partial charge in [-0.1, -0.05) is 18.2 Å². The number of hydrogen-bond acceptors (Lipinski definition) is 7. The Balaban J connectivity index is 1.54. The van der Waals surface area contributed by atoms with E-state index in [0.717, 1.165) is 11.1 Å². The zero-order valence-electron chi connectivity index (χ0n) is 15.4. The van der Waals surface area contributed by atoms with E-state index in [4.69, 9.17) is 9.15 Å². The topological polar surface area (TPSA) is 110 Å². The van der Waals surface area contributed by atoms with Crippen LogP contribution in [0.15, 0.2) is 58.0 Å². The van der Waals surface area contributed by atoms with Crippen LogP contribution in [0.4, 0.5) is 11.4 Å². The van der Waals surface area contributed by atoms with E-state index >= 15 is 0 Å². The smallest absolute Gasteiger partial charge is 0.307 e. The molecule has 1 saturated heterocycles. The summed E-state index contributed by atoms with van der Waals surface area (Å²) in [5.41, 5.74) is 4.29. The number of para-hydroxylation sites is 1. The van der Waals surface area contributed by atoms with Crippen molar-refractivity contribution in [2.75, 3.05) is 31.2 Å². The van der Waals surface area contributed by atoms with Crippen LogP contribution in [0.1, 0.15) is 16.1 Å². The number of hydrogen-bond donors (Lipinski definition) is 1. The molecule has 4 rings (SSSR count). The van der Waals surface area contributed by atoms with Gasteiger partial charge in [0.15, 0.2) is 5.76 Å². The van der Waals surface area contributed by atoms with E-state index in [-0.39, 0.29) is 11.4 Å². The number of carbonyl (C=O) groups is 1. The van der Waals surface area contributed by atoms with Gasteiger partial charge in [-0.2, -0.15) is 5.10 Å². The Kier molecular flexibility index (Phi) is 5.21. The molecule has 9 heteroatoms. The van der Waals surface area contributed by atoms with Crippen LogP contribution >= 0.6 is 0 Å². The van der Waals surface area contributed by atoms with Crippen LogP contribution < -0.4 is 10.3 Å². The summed E-state index contributed by atoms with van der Waals surface area (Å²) in [7, 11) is 0. The van der Waals surface area contributed by atoms with E-state index in [9.17, 15) is 14.9 Å². The van der Waals surface area contributed by atoms with Gasteiger partial charge in [-0.25, -0.2) is 5.43 Å². The first-order chi connectivity index (χ1) is 14.1. The van der Waals surface area contributed by atoms with E-state index in [1.807, 2.05) is 18.2 Å². The molecule has 2 aromatic carbocycles. The van der Waals surface area contributed by atoms with E-state index < -0.39 is 10.8 Å². The lowest BCUT2D eigenvalue weighted by Crippen LogP contribution is -2.36. The highest BCUT2D eigenvalue weighted by atomic mass is 16.6. The maximum absolute atomic E-state index is 12.3. The highest BCUT2D eigenvalue weighted by molar-refractivity contribution is 5.97. The third-order valence-corrected chi connectivity index (χ3v) is 4.59. The highest BCUT2D eigenvalue weighted by Gasteiger charge is 2.17. The maximum Gasteiger partial charge on any atom is 0.307 e. The molecule has 1 aliphatic heterocycles. The Morgan fingerprint density at radius 2 is 1.97 bits per heavy atom. The number of furan rings is 1. The number of carbonyl (C=O) groups excluding carboxylic acids is 1. The Morgan fingerprint density at radius 3 is 2.72 bits per heavy atom. The molecular weight excluding hydrogens is 376 g/mol. The van der Waals surface area contributed by atoms with Crippen LogP contribution in [-0.4, -0.2) is 43.3 Å². The molecule has 1 amide bonds. The molecule has 0 atom stereocenters. The number of hydrazone groups is 1. The van der Waals surface area contributed by atoms with Crippen molar-refractivity contribution in [3.63, 3.8) is 0 Å². The molecule has 1 aromatic heterocycles. The number of ether oxygens (including phenoxy) is 1. The number of anilines is 1. The third-order valence-electron chi connectivity index (χ3n) is 4.59. The fraction of sp³-hybridized carbons (Fsp3) is 0.200. The number of non-ortho nitro benzene ring substituents is 1. The summed E-state index contributed by atoms with van der Waals surface area (Å²) in [6, 6.07) is 13.5. The molecule has 0 spiro atoms. The molecule has 0 radical (unpaired) electrons. The van der Waals surface area contributed by atoms with Gasteiger partial charge in [0, 0.05) is 41.9 Å². The van der Waals surface area contributed by atoms with Crippen molar-refractivity contribution in [3.05, 3.63) is 70.0 Å². The summed E-state index contributed by atoms with van der Waals surface area (Å²) in [6.07, 6.45) is 1.40. The average Bonchev–Trinajstić information content (AvgIpc) is 3.18. The van der Waals surface area contributed by atoms with Crippen molar-refractivity contribution in [3.8, 4) is 0 Å². The van der Waals surface area contributed by atoms with Gasteiger partial charge < -0.3 is 14.1 Å². The van der Waals surface area contributed by atoms with Gasteiger partial charge in [-0.3, -0.25) is 14.9 Å². The molecule has 0 saturated carbocycles. The first-order valence-electron chi connectivity index (χ1n) is 9.05. The van der Waals surface area contributed by atoms with Crippen molar-refractivity contribution in [2.45, 2.75) is 0 Å². The van der Waals surface area contributed by atoms with Crippen LogP contribution in [0.2, 0.25) is 0 Å². The first kappa shape index (κ1) is 18.6. The number of fused-ring (bicyclic) bond motifs is 1. The molecule has 0 aliphatic carbocycles. The fourth-order valence-electron chi connectivity index (χ4n) is 3.16. The number of nitro groups is 1. The zero-order valence-corrected chi connectivity index (χ0v) is 15.4. The number of nitro benzene ring substituents is 1. The van der Waals surface area contributed by atoms with Gasteiger partial charge in [-0.15, -0.1) is 0 Å². The largest absolute Gasteiger partial charge is 0.451 e. The molecule has 3 aromatic rings. The number of nitrogens with one attached hydrogen (secondary N) is 1. The Labute approximate surface area is 165 Å². The summed E-state index contributed by atoms with van der Waals surface area (Å²) in [5.74, 6) is -0.369. The third kappa shape index (κ3) is 4.09. The molecule has 9 nitrogen and oxygen atoms in total. The van der Waals surface area contributed by atoms with Gasteiger partial charge in [-0.05, 0) is 18.2 Å². The summed E-state index contributed by atoms with van der Waals surface area (Å²) in [6.45, 7) is 2.50. The summed E-state index contributed by atoms with van der Waals surface area (Å²) >= 11 is 0. The first-order valence-corrected chi connectivity index (χ1v) is 9.05. The molecule has 148 valence electrons. The van der Waals surface area contributed by atoms with Gasteiger partial charge in [0.2, 0.25) is 0 Å². The van der Waals surface area contributed by atoms with E-state index in [1.54, 1.807) is 18.2 Å². The molecule has 0 unspecified atom stereocenters. The van der Waals surface area contributed by atoms with Crippen LogP contribution in [0, 0.1) is 10.1 Å². The van der Waals surface area contributed by atoms with Gasteiger partial charge in [0.1, 0.15) is 5.58 Å². The normalized spacial score (nSPS) is 14.4. The molecule has 2 heterocycles. The molecular formula is C20H18N4O5. The Bertz CT molecular complexity index is 1050. The lowest BCUT2D eigenvalue weighted by molar-refractivity contribution is -0.384. The summed E-state index contributed by atoms with van der Waals surface area (Å²) in [5, 5.41) is 15.9. The number of amides is 1. The quantitative estimate of drug-likeness (QED) is 0.405. The second-order valence-corrected chi connectivity index (χ2v) is 6.45. The lowest BCUT2D eigenvalue weighted by atomic mass is 10.1. The zero-order chi connectivity index (χ0) is 20.2. The van der Waals surface area contributed by atoms with E-state index in [2.05, 4.69) is 15.4 Å². The Hall–Kier alpha value is -3.72. The van der Waals surface area contributed by atoms with Crippen LogP contribution in [0.25, 0.3) is 11.0 Å². The predicted molar refractivity (Wildman–Crippen MR) is 107 cm³/mol. The fourth-order valence-corrected chi connectivity index (χ4v) is 3.16. The second kappa shape index (κ2) is 8.11. The van der Waals surface area contributed by atoms with Crippen molar-refractivity contribution >= 4 is 34.5 Å². The minimum atomic E-state index is -0.504. The van der Waals surface area contributed by atoms with Crippen molar-refractivity contribution in [2.24, 2.45) is 5.10 Å². The van der Waals surface area contributed by atoms with Crippen LogP contribution in [-0.2, 0) is 4.74 Å². The number of benzene rings is 2. The van der Waals surface area contributed by atoms with E-state index in [0.29, 0.717) is 37.4 Å². The second-order valence-electron chi connectivity index (χ2n) is 6.45. The van der Waals surface area contributed by atoms with E-state index in [1.165, 1.54) is 18.3 Å². The average molecular weight is 394 g/mol. The van der Waals surface area contributed by atoms with Gasteiger partial charge in [0.05, 0.1) is 24.4 Å². The number of nitrogens with zero attached hydrogens (tertiary/aromatic N) is 3. The highest BCUT2D eigenvalue weighted by Crippen LogP contribution is 2.25. The van der Waals surface area contributed by atoms with Gasteiger partial charge in [0.25, 0.3) is 5.69 Å². The minimum absolute atomic E-state index is 0.0490. The maximum atomic E-state index is 12.3. The number of rotatable bonds is 5. The number of morpholine rings is 1. The lowest BCUT2D eigenvalue weighted by Gasteiger charge is -2.29. The molecule has 1 fully saturated rings. The van der Waals surface area contributed by atoms with Crippen molar-refractivity contribution in [1.82, 2.24) is 5.43 Å². The van der Waals surface area contributed by atoms with Crippen LogP contribution in [0.3, 0.4) is 0 Å². The monoisotopic (exact) mass is 394 g/mol. The Morgan fingerprint density at radius 1 is 1.17 bits per heavy atom.